The van der Waals surface area contributed by atoms with Gasteiger partial charge in [0.2, 0.25) is 5.91 Å². The van der Waals surface area contributed by atoms with Crippen molar-refractivity contribution in [3.63, 3.8) is 0 Å². The van der Waals surface area contributed by atoms with E-state index in [0.29, 0.717) is 30.2 Å². The summed E-state index contributed by atoms with van der Waals surface area (Å²) >= 11 is 0. The molecular formula is C13H27NO. The van der Waals surface area contributed by atoms with Gasteiger partial charge in [-0.1, -0.05) is 34.6 Å². The monoisotopic (exact) mass is 213 g/mol. The molecule has 0 saturated heterocycles. The molecule has 2 nitrogen and oxygen atoms in total. The lowest BCUT2D eigenvalue weighted by molar-refractivity contribution is -0.122. The fraction of sp³-hybridized carbons (Fsp3) is 0.923. The standard InChI is InChI=1S/C13H27NO/c1-9(2)7-12(6)14-13(15)8-11(5)10(3)4/h9-12H,7-8H2,1-6H3,(H,14,15). The zero-order valence-electron chi connectivity index (χ0n) is 11.1. The maximum atomic E-state index is 11.6. The van der Waals surface area contributed by atoms with Gasteiger partial charge in [-0.25, -0.2) is 0 Å². The van der Waals surface area contributed by atoms with Gasteiger partial charge in [0.05, 0.1) is 0 Å². The third kappa shape index (κ3) is 7.40. The van der Waals surface area contributed by atoms with E-state index in [-0.39, 0.29) is 5.91 Å². The van der Waals surface area contributed by atoms with Gasteiger partial charge in [0.1, 0.15) is 0 Å². The highest BCUT2D eigenvalue weighted by Crippen LogP contribution is 2.14. The van der Waals surface area contributed by atoms with Crippen LogP contribution in [-0.4, -0.2) is 11.9 Å². The van der Waals surface area contributed by atoms with Crippen LogP contribution in [0.3, 0.4) is 0 Å². The molecule has 0 aromatic rings. The molecule has 0 rings (SSSR count). The van der Waals surface area contributed by atoms with Crippen LogP contribution in [0.1, 0.15) is 54.4 Å². The second-order valence-corrected chi connectivity index (χ2v) is 5.52. The molecule has 1 N–H and O–H groups in total. The Labute approximate surface area is 94.8 Å². The summed E-state index contributed by atoms with van der Waals surface area (Å²) in [6.45, 7) is 12.9. The minimum absolute atomic E-state index is 0.198. The van der Waals surface area contributed by atoms with E-state index < -0.39 is 0 Å². The van der Waals surface area contributed by atoms with Crippen molar-refractivity contribution in [1.29, 1.82) is 0 Å². The van der Waals surface area contributed by atoms with Crippen molar-refractivity contribution >= 4 is 5.91 Å². The summed E-state index contributed by atoms with van der Waals surface area (Å²) in [4.78, 5) is 11.6. The van der Waals surface area contributed by atoms with Crippen LogP contribution < -0.4 is 5.32 Å². The maximum absolute atomic E-state index is 11.6. The minimum Gasteiger partial charge on any atom is -0.354 e. The molecule has 0 aliphatic carbocycles. The lowest BCUT2D eigenvalue weighted by Crippen LogP contribution is -2.34. The molecule has 90 valence electrons. The van der Waals surface area contributed by atoms with Crippen molar-refractivity contribution in [2.24, 2.45) is 17.8 Å². The van der Waals surface area contributed by atoms with Crippen LogP contribution in [0.25, 0.3) is 0 Å². The highest BCUT2D eigenvalue weighted by Gasteiger charge is 2.14. The van der Waals surface area contributed by atoms with Crippen LogP contribution in [0.2, 0.25) is 0 Å². The van der Waals surface area contributed by atoms with E-state index in [1.807, 2.05) is 0 Å². The first kappa shape index (κ1) is 14.5. The number of carbonyl (C=O) groups excluding carboxylic acids is 1. The average molecular weight is 213 g/mol. The average Bonchev–Trinajstić information content (AvgIpc) is 2.00. The first-order valence-electron chi connectivity index (χ1n) is 6.12. The lowest BCUT2D eigenvalue weighted by Gasteiger charge is -2.19. The molecule has 2 unspecified atom stereocenters. The molecule has 0 spiro atoms. The predicted molar refractivity (Wildman–Crippen MR) is 65.7 cm³/mol. The van der Waals surface area contributed by atoms with Crippen LogP contribution >= 0.6 is 0 Å². The van der Waals surface area contributed by atoms with E-state index in [2.05, 4.69) is 46.9 Å². The van der Waals surface area contributed by atoms with Crippen LogP contribution in [0.4, 0.5) is 0 Å². The molecule has 0 saturated carbocycles. The highest BCUT2D eigenvalue weighted by atomic mass is 16.1. The third-order valence-corrected chi connectivity index (χ3v) is 2.88. The van der Waals surface area contributed by atoms with Crippen molar-refractivity contribution < 1.29 is 4.79 Å². The molecular weight excluding hydrogens is 186 g/mol. The van der Waals surface area contributed by atoms with Crippen molar-refractivity contribution in [1.82, 2.24) is 5.32 Å². The zero-order valence-corrected chi connectivity index (χ0v) is 11.1. The van der Waals surface area contributed by atoms with Gasteiger partial charge in [-0.2, -0.15) is 0 Å². The van der Waals surface area contributed by atoms with E-state index in [1.165, 1.54) is 0 Å². The SMILES string of the molecule is CC(C)CC(C)NC(=O)CC(C)C(C)C. The summed E-state index contributed by atoms with van der Waals surface area (Å²) in [7, 11) is 0. The van der Waals surface area contributed by atoms with Crippen LogP contribution in [0.5, 0.6) is 0 Å². The van der Waals surface area contributed by atoms with Crippen molar-refractivity contribution in [2.75, 3.05) is 0 Å². The number of hydrogen-bond donors (Lipinski definition) is 1. The van der Waals surface area contributed by atoms with Crippen molar-refractivity contribution in [3.05, 3.63) is 0 Å². The molecule has 2 atom stereocenters. The summed E-state index contributed by atoms with van der Waals surface area (Å²) in [6.07, 6.45) is 1.71. The molecule has 0 radical (unpaired) electrons. The second kappa shape index (κ2) is 6.86. The lowest BCUT2D eigenvalue weighted by atomic mass is 9.94. The van der Waals surface area contributed by atoms with Gasteiger partial charge in [-0.3, -0.25) is 4.79 Å². The Morgan fingerprint density at radius 3 is 2.00 bits per heavy atom. The van der Waals surface area contributed by atoms with Crippen LogP contribution in [-0.2, 0) is 4.79 Å². The molecule has 0 aromatic carbocycles. The largest absolute Gasteiger partial charge is 0.354 e. The third-order valence-electron chi connectivity index (χ3n) is 2.88. The van der Waals surface area contributed by atoms with Crippen LogP contribution in [0, 0.1) is 17.8 Å². The Morgan fingerprint density at radius 1 is 1.07 bits per heavy atom. The van der Waals surface area contributed by atoms with Gasteiger partial charge in [0.25, 0.3) is 0 Å². The summed E-state index contributed by atoms with van der Waals surface area (Å²) in [5.41, 5.74) is 0. The first-order valence-corrected chi connectivity index (χ1v) is 6.12. The van der Waals surface area contributed by atoms with Gasteiger partial charge in [0.15, 0.2) is 0 Å². The second-order valence-electron chi connectivity index (χ2n) is 5.52. The molecule has 15 heavy (non-hydrogen) atoms. The van der Waals surface area contributed by atoms with E-state index in [1.54, 1.807) is 0 Å². The summed E-state index contributed by atoms with van der Waals surface area (Å²) < 4.78 is 0. The molecule has 0 heterocycles. The predicted octanol–water partition coefficient (Wildman–Crippen LogP) is 3.22. The number of carbonyl (C=O) groups is 1. The van der Waals surface area contributed by atoms with E-state index >= 15 is 0 Å². The Morgan fingerprint density at radius 2 is 1.60 bits per heavy atom. The van der Waals surface area contributed by atoms with Crippen molar-refractivity contribution in [3.8, 4) is 0 Å². The van der Waals surface area contributed by atoms with Gasteiger partial charge in [0, 0.05) is 12.5 Å². The van der Waals surface area contributed by atoms with Gasteiger partial charge >= 0.3 is 0 Å². The quantitative estimate of drug-likeness (QED) is 0.721. The zero-order chi connectivity index (χ0) is 12.0. The van der Waals surface area contributed by atoms with E-state index in [4.69, 9.17) is 0 Å². The summed E-state index contributed by atoms with van der Waals surface area (Å²) in [6, 6.07) is 0.303. The Bertz CT molecular complexity index is 187. The Balaban J connectivity index is 3.83. The molecule has 0 fully saturated rings. The number of nitrogens with one attached hydrogen (secondary N) is 1. The fourth-order valence-corrected chi connectivity index (χ4v) is 1.63. The topological polar surface area (TPSA) is 29.1 Å². The van der Waals surface area contributed by atoms with E-state index in [9.17, 15) is 4.79 Å². The summed E-state index contributed by atoms with van der Waals surface area (Å²) in [5.74, 6) is 1.89. The van der Waals surface area contributed by atoms with Gasteiger partial charge in [-0.15, -0.1) is 0 Å². The molecule has 0 aliphatic heterocycles. The molecule has 0 aliphatic rings. The molecule has 2 heteroatoms. The van der Waals surface area contributed by atoms with Crippen molar-refractivity contribution in [2.45, 2.75) is 60.4 Å². The molecule has 0 aromatic heterocycles. The maximum Gasteiger partial charge on any atom is 0.220 e. The van der Waals surface area contributed by atoms with Gasteiger partial charge in [-0.05, 0) is 31.1 Å². The smallest absolute Gasteiger partial charge is 0.220 e. The normalized spacial score (nSPS) is 15.5. The Kier molecular flexibility index (Phi) is 6.62. The van der Waals surface area contributed by atoms with Crippen LogP contribution in [0.15, 0.2) is 0 Å². The summed E-state index contributed by atoms with van der Waals surface area (Å²) in [5, 5.41) is 3.06. The Hall–Kier alpha value is -0.530. The highest BCUT2D eigenvalue weighted by molar-refractivity contribution is 5.76. The molecule has 1 amide bonds. The van der Waals surface area contributed by atoms with E-state index in [0.717, 1.165) is 6.42 Å². The first-order chi connectivity index (χ1) is 6.82. The number of amides is 1. The van der Waals surface area contributed by atoms with Gasteiger partial charge < -0.3 is 5.32 Å². The minimum atomic E-state index is 0.198. The number of hydrogen-bond acceptors (Lipinski definition) is 1. The molecule has 0 bridgehead atoms. The fourth-order valence-electron chi connectivity index (χ4n) is 1.63. The number of rotatable bonds is 6.